The molecule has 47 heavy (non-hydrogen) atoms. The number of nitrogens with one attached hydrogen (secondary N) is 1. The molecule has 0 spiro atoms. The first-order chi connectivity index (χ1) is 22.7. The van der Waals surface area contributed by atoms with Crippen molar-refractivity contribution in [2.45, 2.75) is 69.9 Å². The van der Waals surface area contributed by atoms with Crippen molar-refractivity contribution in [3.63, 3.8) is 0 Å². The molecule has 3 aliphatic rings. The molecule has 2 aliphatic heterocycles. The monoisotopic (exact) mass is 685 g/mol. The number of anilines is 1. The fourth-order valence-electron chi connectivity index (χ4n) is 6.98. The highest BCUT2D eigenvalue weighted by molar-refractivity contribution is 7.17. The van der Waals surface area contributed by atoms with Crippen LogP contribution in [0.25, 0.3) is 10.1 Å². The van der Waals surface area contributed by atoms with E-state index in [4.69, 9.17) is 25.8 Å². The number of nitrogens with zero attached hydrogens (tertiary/aromatic N) is 2. The van der Waals surface area contributed by atoms with Gasteiger partial charge in [0.1, 0.15) is 5.82 Å². The Labute approximate surface area is 283 Å². The number of rotatable bonds is 12. The minimum atomic E-state index is -1.40. The summed E-state index contributed by atoms with van der Waals surface area (Å²) in [6.07, 6.45) is 3.75. The van der Waals surface area contributed by atoms with Crippen LogP contribution >= 0.6 is 22.9 Å². The Bertz CT molecular complexity index is 1620. The summed E-state index contributed by atoms with van der Waals surface area (Å²) in [5.74, 6) is -3.08. The molecule has 12 heteroatoms. The van der Waals surface area contributed by atoms with Crippen LogP contribution in [-0.2, 0) is 30.2 Å². The van der Waals surface area contributed by atoms with Gasteiger partial charge in [-0.1, -0.05) is 29.8 Å². The summed E-state index contributed by atoms with van der Waals surface area (Å²) in [6.45, 7) is 4.49. The van der Waals surface area contributed by atoms with Crippen LogP contribution in [0.1, 0.15) is 61.4 Å². The molecule has 252 valence electrons. The topological polar surface area (TPSA) is 97.4 Å². The van der Waals surface area contributed by atoms with E-state index in [2.05, 4.69) is 10.2 Å². The van der Waals surface area contributed by atoms with Crippen molar-refractivity contribution in [2.75, 3.05) is 45.2 Å². The highest BCUT2D eigenvalue weighted by atomic mass is 35.5. The van der Waals surface area contributed by atoms with E-state index < -0.39 is 17.6 Å². The molecule has 3 heterocycles. The summed E-state index contributed by atoms with van der Waals surface area (Å²) in [4.78, 5) is 44.2. The Kier molecular flexibility index (Phi) is 10.6. The number of carbonyl (C=O) groups excluding carboxylic acids is 3. The van der Waals surface area contributed by atoms with Gasteiger partial charge in [0.25, 0.3) is 5.91 Å². The van der Waals surface area contributed by atoms with Crippen molar-refractivity contribution in [2.24, 2.45) is 5.92 Å². The molecule has 1 aliphatic carbocycles. The quantitative estimate of drug-likeness (QED) is 0.223. The van der Waals surface area contributed by atoms with Gasteiger partial charge in [-0.3, -0.25) is 24.2 Å². The highest BCUT2D eigenvalue weighted by Crippen LogP contribution is 2.39. The van der Waals surface area contributed by atoms with Crippen LogP contribution in [0.15, 0.2) is 41.8 Å². The second-order valence-corrected chi connectivity index (χ2v) is 13.9. The van der Waals surface area contributed by atoms with Gasteiger partial charge in [-0.15, -0.1) is 11.3 Å². The van der Waals surface area contributed by atoms with Crippen molar-refractivity contribution in [1.82, 2.24) is 9.80 Å². The third kappa shape index (κ3) is 6.97. The molecule has 3 aromatic rings. The lowest BCUT2D eigenvalue weighted by Crippen LogP contribution is -2.74. The van der Waals surface area contributed by atoms with Gasteiger partial charge in [0.15, 0.2) is 5.78 Å². The predicted octanol–water partition coefficient (Wildman–Crippen LogP) is 6.28. The molecule has 0 radical (unpaired) electrons. The summed E-state index contributed by atoms with van der Waals surface area (Å²) in [7, 11) is 1.65. The number of carbonyl (C=O) groups is 3. The third-order valence-corrected chi connectivity index (χ3v) is 10.9. The number of ether oxygens (including phenoxy) is 3. The first-order valence-corrected chi connectivity index (χ1v) is 17.6. The summed E-state index contributed by atoms with van der Waals surface area (Å²) >= 11 is 8.06. The Morgan fingerprint density at radius 1 is 1.04 bits per heavy atom. The van der Waals surface area contributed by atoms with Gasteiger partial charge in [0.2, 0.25) is 5.85 Å². The van der Waals surface area contributed by atoms with E-state index in [1.807, 2.05) is 29.2 Å². The lowest BCUT2D eigenvalue weighted by molar-refractivity contribution is -0.282. The Morgan fingerprint density at radius 2 is 1.77 bits per heavy atom. The highest BCUT2D eigenvalue weighted by Gasteiger charge is 2.56. The van der Waals surface area contributed by atoms with Crippen LogP contribution in [0.4, 0.5) is 10.1 Å². The van der Waals surface area contributed by atoms with E-state index in [0.29, 0.717) is 64.0 Å². The first-order valence-electron chi connectivity index (χ1n) is 16.4. The minimum Gasteiger partial charge on any atom is -0.466 e. The van der Waals surface area contributed by atoms with Gasteiger partial charge in [-0.2, -0.15) is 0 Å². The molecule has 1 amide bonds. The van der Waals surface area contributed by atoms with Crippen molar-refractivity contribution < 1.29 is 33.0 Å². The molecule has 1 atom stereocenters. The molecular weight excluding hydrogens is 645 g/mol. The molecular formula is C35H41ClFN3O6S. The zero-order valence-electron chi connectivity index (χ0n) is 26.8. The maximum Gasteiger partial charge on any atom is 0.308 e. The van der Waals surface area contributed by atoms with Crippen LogP contribution in [0.2, 0.25) is 5.02 Å². The lowest BCUT2D eigenvalue weighted by Gasteiger charge is -2.55. The second kappa shape index (κ2) is 14.7. The molecule has 9 nitrogen and oxygen atoms in total. The number of likely N-dealkylation sites (tertiary alicyclic amines) is 2. The Balaban J connectivity index is 1.23. The summed E-state index contributed by atoms with van der Waals surface area (Å²) < 4.78 is 34.4. The summed E-state index contributed by atoms with van der Waals surface area (Å²) in [6, 6.07) is 10.2. The molecule has 2 aromatic carbocycles. The van der Waals surface area contributed by atoms with Gasteiger partial charge in [-0.25, -0.2) is 4.39 Å². The van der Waals surface area contributed by atoms with E-state index in [1.54, 1.807) is 19.4 Å². The smallest absolute Gasteiger partial charge is 0.308 e. The fourth-order valence-corrected chi connectivity index (χ4v) is 8.16. The lowest BCUT2D eigenvalue weighted by atomic mass is 9.87. The molecule has 3 fully saturated rings. The Morgan fingerprint density at radius 3 is 2.47 bits per heavy atom. The number of halogens is 2. The number of methoxy groups -OCH3 is 1. The number of fused-ring (bicyclic) bond motifs is 1. The minimum absolute atomic E-state index is 0.0395. The number of ketones is 1. The molecule has 0 bridgehead atoms. The number of esters is 1. The van der Waals surface area contributed by atoms with Crippen LogP contribution in [0, 0.1) is 11.7 Å². The maximum atomic E-state index is 15.8. The van der Waals surface area contributed by atoms with E-state index in [-0.39, 0.29) is 52.6 Å². The van der Waals surface area contributed by atoms with Crippen LogP contribution < -0.4 is 5.32 Å². The maximum absolute atomic E-state index is 15.8. The molecule has 1 unspecified atom stereocenters. The van der Waals surface area contributed by atoms with Crippen molar-refractivity contribution in [3.8, 4) is 0 Å². The van der Waals surface area contributed by atoms with Crippen molar-refractivity contribution >= 4 is 56.4 Å². The second-order valence-electron chi connectivity index (χ2n) is 12.5. The van der Waals surface area contributed by atoms with Crippen LogP contribution in [0.3, 0.4) is 0 Å². The number of thiophene rings is 1. The van der Waals surface area contributed by atoms with Gasteiger partial charge >= 0.3 is 5.97 Å². The van der Waals surface area contributed by atoms with E-state index in [0.717, 1.165) is 22.9 Å². The zero-order chi connectivity index (χ0) is 33.1. The SMILES string of the molecule is CCOC(=O)C1CCC(OC(C(=O)Cc2cc(Cl)c(NC(=O)c3csc4ccccc34)cc2F)(N2CCCC2)N2CC(OC)C2)CC1. The van der Waals surface area contributed by atoms with Crippen LogP contribution in [-0.4, -0.2) is 85.4 Å². The Hall–Kier alpha value is -2.93. The number of hydrogen-bond donors (Lipinski definition) is 1. The van der Waals surface area contributed by atoms with E-state index >= 15 is 4.39 Å². The largest absolute Gasteiger partial charge is 0.466 e. The normalized spacial score (nSPS) is 22.1. The number of hydrogen-bond acceptors (Lipinski definition) is 9. The van der Waals surface area contributed by atoms with Crippen molar-refractivity contribution in [1.29, 1.82) is 0 Å². The third-order valence-electron chi connectivity index (χ3n) is 9.59. The molecule has 1 N–H and O–H groups in total. The van der Waals surface area contributed by atoms with Crippen molar-refractivity contribution in [3.05, 3.63) is 63.7 Å². The number of benzene rings is 2. The van der Waals surface area contributed by atoms with Gasteiger partial charge in [-0.05, 0) is 69.2 Å². The fraction of sp³-hybridized carbons (Fsp3) is 0.514. The number of Topliss-reactive ketones (excluding diaryl/α,β-unsaturated/α-hetero) is 1. The first kappa shape index (κ1) is 34.0. The standard InChI is InChI=1S/C35H41ClFN3O6S/c1-3-45-34(43)22-10-12-24(13-11-22)46-35(39-14-6-7-15-39,40-19-25(20-40)44-2)32(41)17-23-16-28(36)30(18-29(23)37)38-33(42)27-21-47-31-9-5-4-8-26(27)31/h4-5,8-9,16,18,21-22,24-25H,3,6-7,10-15,17,19-20H2,1-2H3,(H,38,42). The van der Waals surface area contributed by atoms with Gasteiger partial charge < -0.3 is 19.5 Å². The van der Waals surface area contributed by atoms with E-state index in [9.17, 15) is 14.4 Å². The zero-order valence-corrected chi connectivity index (χ0v) is 28.3. The van der Waals surface area contributed by atoms with E-state index in [1.165, 1.54) is 23.5 Å². The van der Waals surface area contributed by atoms with Crippen LogP contribution in [0.5, 0.6) is 0 Å². The molecule has 6 rings (SSSR count). The molecule has 1 aromatic heterocycles. The average Bonchev–Trinajstić information content (AvgIpc) is 3.74. The summed E-state index contributed by atoms with van der Waals surface area (Å²) in [5, 5.41) is 5.45. The summed E-state index contributed by atoms with van der Waals surface area (Å²) in [5.41, 5.74) is 0.738. The van der Waals surface area contributed by atoms with Gasteiger partial charge in [0, 0.05) is 55.2 Å². The predicted molar refractivity (Wildman–Crippen MR) is 179 cm³/mol. The average molecular weight is 686 g/mol. The molecule has 1 saturated carbocycles. The molecule has 2 saturated heterocycles. The number of amides is 1. The van der Waals surface area contributed by atoms with Gasteiger partial charge in [0.05, 0.1) is 41.0 Å².